The van der Waals surface area contributed by atoms with E-state index in [1.807, 2.05) is 0 Å². The summed E-state index contributed by atoms with van der Waals surface area (Å²) in [6.45, 7) is 0.0415. The van der Waals surface area contributed by atoms with Crippen molar-refractivity contribution in [2.75, 3.05) is 5.32 Å². The van der Waals surface area contributed by atoms with Crippen molar-refractivity contribution in [3.63, 3.8) is 0 Å². The monoisotopic (exact) mass is 388 g/mol. The van der Waals surface area contributed by atoms with Gasteiger partial charge in [-0.1, -0.05) is 23.7 Å². The number of hydrogen-bond donors (Lipinski definition) is 2. The summed E-state index contributed by atoms with van der Waals surface area (Å²) in [5.41, 5.74) is -0.172. The fourth-order valence-corrected chi connectivity index (χ4v) is 2.37. The number of amides is 1. The number of carbonyl (C=O) groups excluding carboxylic acids is 1. The molecule has 0 saturated heterocycles. The van der Waals surface area contributed by atoms with Crippen LogP contribution in [-0.4, -0.2) is 25.7 Å². The van der Waals surface area contributed by atoms with Crippen molar-refractivity contribution in [1.29, 1.82) is 0 Å². The molecule has 138 valence electrons. The number of nitro groups is 1. The molecule has 3 rings (SSSR count). The molecule has 1 aromatic heterocycles. The Balaban J connectivity index is 1.65. The number of hydrogen-bond acceptors (Lipinski definition) is 6. The SMILES string of the molecule is O=C(Nc1ccc([N+](=O)[O-])cc1O)c1ccn(COc2ccccc2Cl)n1. The second-order valence-electron chi connectivity index (χ2n) is 5.36. The van der Waals surface area contributed by atoms with Crippen molar-refractivity contribution in [1.82, 2.24) is 9.78 Å². The summed E-state index contributed by atoms with van der Waals surface area (Å²) in [4.78, 5) is 22.3. The third kappa shape index (κ3) is 4.33. The van der Waals surface area contributed by atoms with E-state index in [1.54, 1.807) is 30.5 Å². The molecule has 0 aliphatic rings. The zero-order valence-electron chi connectivity index (χ0n) is 13.7. The second kappa shape index (κ2) is 7.75. The Hall–Kier alpha value is -3.59. The van der Waals surface area contributed by atoms with Crippen LogP contribution in [0.1, 0.15) is 10.5 Å². The molecule has 0 saturated carbocycles. The normalized spacial score (nSPS) is 10.4. The maximum Gasteiger partial charge on any atom is 0.276 e. The quantitative estimate of drug-likeness (QED) is 0.379. The molecule has 1 heterocycles. The fourth-order valence-electron chi connectivity index (χ4n) is 2.18. The molecule has 0 aliphatic carbocycles. The number of non-ortho nitro benzene ring substituents is 1. The number of para-hydroxylation sites is 1. The van der Waals surface area contributed by atoms with Crippen LogP contribution in [0, 0.1) is 10.1 Å². The number of nitro benzene ring substituents is 1. The van der Waals surface area contributed by atoms with Crippen LogP contribution in [0.3, 0.4) is 0 Å². The molecular formula is C17H13ClN4O5. The first kappa shape index (κ1) is 18.2. The van der Waals surface area contributed by atoms with Crippen molar-refractivity contribution in [2.45, 2.75) is 6.73 Å². The van der Waals surface area contributed by atoms with Crippen LogP contribution in [0.15, 0.2) is 54.7 Å². The molecule has 2 N–H and O–H groups in total. The molecule has 0 radical (unpaired) electrons. The smallest absolute Gasteiger partial charge is 0.276 e. The molecular weight excluding hydrogens is 376 g/mol. The van der Waals surface area contributed by atoms with Gasteiger partial charge in [-0.25, -0.2) is 4.68 Å². The topological polar surface area (TPSA) is 120 Å². The van der Waals surface area contributed by atoms with Gasteiger partial charge in [0.05, 0.1) is 21.7 Å². The highest BCUT2D eigenvalue weighted by Crippen LogP contribution is 2.28. The lowest BCUT2D eigenvalue weighted by Crippen LogP contribution is -2.14. The van der Waals surface area contributed by atoms with Gasteiger partial charge >= 0.3 is 0 Å². The van der Waals surface area contributed by atoms with Crippen molar-refractivity contribution in [3.8, 4) is 11.5 Å². The second-order valence-corrected chi connectivity index (χ2v) is 5.76. The Labute approximate surface area is 157 Å². The largest absolute Gasteiger partial charge is 0.506 e. The summed E-state index contributed by atoms with van der Waals surface area (Å²) in [5, 5.41) is 27.4. The van der Waals surface area contributed by atoms with Crippen LogP contribution in [-0.2, 0) is 6.73 Å². The number of aromatic hydroxyl groups is 1. The van der Waals surface area contributed by atoms with E-state index >= 15 is 0 Å². The molecule has 0 spiro atoms. The van der Waals surface area contributed by atoms with E-state index in [-0.39, 0.29) is 23.8 Å². The summed E-state index contributed by atoms with van der Waals surface area (Å²) >= 11 is 6.00. The molecule has 0 fully saturated rings. The number of aromatic nitrogens is 2. The van der Waals surface area contributed by atoms with Crippen LogP contribution < -0.4 is 10.1 Å². The predicted octanol–water partition coefficient (Wildman–Crippen LogP) is 3.44. The first-order valence-corrected chi connectivity index (χ1v) is 8.01. The summed E-state index contributed by atoms with van der Waals surface area (Å²) < 4.78 is 6.92. The zero-order valence-corrected chi connectivity index (χ0v) is 14.5. The van der Waals surface area contributed by atoms with Crippen molar-refractivity contribution in [3.05, 3.63) is 75.6 Å². The van der Waals surface area contributed by atoms with Gasteiger partial charge in [-0.15, -0.1) is 0 Å². The summed E-state index contributed by atoms with van der Waals surface area (Å²) in [7, 11) is 0. The van der Waals surface area contributed by atoms with E-state index < -0.39 is 16.6 Å². The van der Waals surface area contributed by atoms with Crippen LogP contribution in [0.5, 0.6) is 11.5 Å². The highest BCUT2D eigenvalue weighted by molar-refractivity contribution is 6.32. The molecule has 0 aliphatic heterocycles. The van der Waals surface area contributed by atoms with Gasteiger partial charge in [0.15, 0.2) is 12.4 Å². The maximum atomic E-state index is 12.2. The molecule has 3 aromatic rings. The molecule has 0 bridgehead atoms. The highest BCUT2D eigenvalue weighted by Gasteiger charge is 2.15. The predicted molar refractivity (Wildman–Crippen MR) is 97.0 cm³/mol. The third-order valence-electron chi connectivity index (χ3n) is 3.50. The van der Waals surface area contributed by atoms with E-state index in [0.29, 0.717) is 10.8 Å². The molecule has 0 atom stereocenters. The number of rotatable bonds is 6. The number of benzene rings is 2. The number of nitrogens with one attached hydrogen (secondary N) is 1. The van der Waals surface area contributed by atoms with E-state index in [1.165, 1.54) is 22.9 Å². The fraction of sp³-hybridized carbons (Fsp3) is 0.0588. The van der Waals surface area contributed by atoms with Gasteiger partial charge < -0.3 is 15.2 Å². The summed E-state index contributed by atoms with van der Waals surface area (Å²) in [6, 6.07) is 11.8. The van der Waals surface area contributed by atoms with Crippen molar-refractivity contribution in [2.24, 2.45) is 0 Å². The summed E-state index contributed by atoms with van der Waals surface area (Å²) in [5.74, 6) is -0.522. The molecule has 10 heteroatoms. The average molecular weight is 389 g/mol. The van der Waals surface area contributed by atoms with E-state index in [9.17, 15) is 20.0 Å². The molecule has 27 heavy (non-hydrogen) atoms. The minimum atomic E-state index is -0.647. The highest BCUT2D eigenvalue weighted by atomic mass is 35.5. The Bertz CT molecular complexity index is 1000. The van der Waals surface area contributed by atoms with Gasteiger partial charge in [-0.3, -0.25) is 14.9 Å². The number of anilines is 1. The number of carbonyl (C=O) groups is 1. The van der Waals surface area contributed by atoms with Crippen LogP contribution >= 0.6 is 11.6 Å². The average Bonchev–Trinajstić information content (AvgIpc) is 3.11. The van der Waals surface area contributed by atoms with Crippen LogP contribution in [0.25, 0.3) is 0 Å². The van der Waals surface area contributed by atoms with Gasteiger partial charge in [0.2, 0.25) is 0 Å². The first-order valence-electron chi connectivity index (χ1n) is 7.63. The van der Waals surface area contributed by atoms with E-state index in [2.05, 4.69) is 10.4 Å². The van der Waals surface area contributed by atoms with Gasteiger partial charge in [-0.2, -0.15) is 5.10 Å². The first-order chi connectivity index (χ1) is 12.9. The van der Waals surface area contributed by atoms with Gasteiger partial charge in [-0.05, 0) is 24.3 Å². The standard InChI is InChI=1S/C17H13ClN4O5/c18-12-3-1-2-4-16(12)27-10-21-8-7-14(20-21)17(24)19-13-6-5-11(22(25)26)9-15(13)23/h1-9,23H,10H2,(H,19,24). The van der Waals surface area contributed by atoms with Crippen molar-refractivity contribution >= 4 is 28.9 Å². The minimum Gasteiger partial charge on any atom is -0.506 e. The number of ether oxygens (including phenoxy) is 1. The van der Waals surface area contributed by atoms with Crippen LogP contribution in [0.2, 0.25) is 5.02 Å². The van der Waals surface area contributed by atoms with Crippen molar-refractivity contribution < 1.29 is 19.6 Å². The number of halogens is 1. The van der Waals surface area contributed by atoms with Gasteiger partial charge in [0, 0.05) is 12.3 Å². The molecule has 2 aromatic carbocycles. The maximum absolute atomic E-state index is 12.2. The van der Waals surface area contributed by atoms with E-state index in [0.717, 1.165) is 6.07 Å². The Morgan fingerprint density at radius 2 is 2.07 bits per heavy atom. The molecule has 9 nitrogen and oxygen atoms in total. The van der Waals surface area contributed by atoms with E-state index in [4.69, 9.17) is 16.3 Å². The Morgan fingerprint density at radius 3 is 2.78 bits per heavy atom. The number of nitrogens with zero attached hydrogens (tertiary/aromatic N) is 3. The number of phenols is 1. The van der Waals surface area contributed by atoms with Gasteiger partial charge in [0.25, 0.3) is 11.6 Å². The Morgan fingerprint density at radius 1 is 1.30 bits per heavy atom. The van der Waals surface area contributed by atoms with Gasteiger partial charge in [0.1, 0.15) is 11.5 Å². The van der Waals surface area contributed by atoms with Crippen LogP contribution in [0.4, 0.5) is 11.4 Å². The lowest BCUT2D eigenvalue weighted by atomic mass is 10.2. The Kier molecular flexibility index (Phi) is 5.23. The lowest BCUT2D eigenvalue weighted by molar-refractivity contribution is -0.384. The zero-order chi connectivity index (χ0) is 19.4. The molecule has 1 amide bonds. The number of phenolic OH excluding ortho intramolecular Hbond substituents is 1. The molecule has 0 unspecified atom stereocenters. The summed E-state index contributed by atoms with van der Waals surface area (Å²) in [6.07, 6.45) is 1.54. The lowest BCUT2D eigenvalue weighted by Gasteiger charge is -2.07. The minimum absolute atomic E-state index is 0.0347. The third-order valence-corrected chi connectivity index (χ3v) is 3.81.